The van der Waals surface area contributed by atoms with E-state index < -0.39 is 0 Å². The number of amides is 1. The van der Waals surface area contributed by atoms with E-state index >= 15 is 0 Å². The number of hydrogen-bond donors (Lipinski definition) is 1. The monoisotopic (exact) mass is 368 g/mol. The van der Waals surface area contributed by atoms with Crippen molar-refractivity contribution in [2.75, 3.05) is 26.7 Å². The lowest BCUT2D eigenvalue weighted by Gasteiger charge is -2.15. The van der Waals surface area contributed by atoms with Gasteiger partial charge in [-0.05, 0) is 62.2 Å². The summed E-state index contributed by atoms with van der Waals surface area (Å²) in [5.41, 5.74) is 1.97. The second-order valence-corrected chi connectivity index (χ2v) is 7.31. The molecular formula is C18H22ClFN2OS. The van der Waals surface area contributed by atoms with Gasteiger partial charge >= 0.3 is 0 Å². The van der Waals surface area contributed by atoms with Gasteiger partial charge in [-0.1, -0.05) is 12.1 Å². The Morgan fingerprint density at radius 1 is 1.38 bits per heavy atom. The van der Waals surface area contributed by atoms with Crippen molar-refractivity contribution in [3.8, 4) is 11.1 Å². The number of likely N-dealkylation sites (tertiary alicyclic amines) is 1. The highest BCUT2D eigenvalue weighted by Crippen LogP contribution is 2.32. The van der Waals surface area contributed by atoms with Crippen molar-refractivity contribution in [2.45, 2.75) is 13.3 Å². The maximum atomic E-state index is 13.1. The molecule has 1 aliphatic heterocycles. The second-order valence-electron chi connectivity index (χ2n) is 6.05. The second kappa shape index (κ2) is 8.10. The Labute approximate surface area is 152 Å². The van der Waals surface area contributed by atoms with Gasteiger partial charge in [0.1, 0.15) is 5.82 Å². The fourth-order valence-corrected chi connectivity index (χ4v) is 4.14. The highest BCUT2D eigenvalue weighted by Gasteiger charge is 2.27. The van der Waals surface area contributed by atoms with E-state index in [1.165, 1.54) is 23.5 Å². The standard InChI is InChI=1S/C18H21FN2OS.ClH/c1-12-16(14-3-5-15(19)6-4-14)9-17(23-12)18(22)21-8-7-13(11-21)10-20-2;/h3-6,9,13,20H,7-8,10-11H2,1-2H3;1H. The van der Waals surface area contributed by atoms with E-state index in [-0.39, 0.29) is 24.1 Å². The van der Waals surface area contributed by atoms with Gasteiger partial charge in [0.2, 0.25) is 0 Å². The summed E-state index contributed by atoms with van der Waals surface area (Å²) in [5.74, 6) is 0.414. The van der Waals surface area contributed by atoms with Crippen LogP contribution >= 0.6 is 23.7 Å². The molecule has 1 amide bonds. The zero-order valence-corrected chi connectivity index (χ0v) is 15.5. The molecule has 0 radical (unpaired) electrons. The quantitative estimate of drug-likeness (QED) is 0.885. The van der Waals surface area contributed by atoms with Gasteiger partial charge in [0, 0.05) is 18.0 Å². The first-order valence-corrected chi connectivity index (χ1v) is 8.70. The van der Waals surface area contributed by atoms with Crippen LogP contribution in [0.2, 0.25) is 0 Å². The number of aryl methyl sites for hydroxylation is 1. The third-order valence-electron chi connectivity index (χ3n) is 4.35. The molecule has 0 bridgehead atoms. The molecule has 0 aliphatic carbocycles. The lowest BCUT2D eigenvalue weighted by molar-refractivity contribution is 0.0792. The van der Waals surface area contributed by atoms with Gasteiger partial charge in [-0.15, -0.1) is 23.7 Å². The van der Waals surface area contributed by atoms with Crippen molar-refractivity contribution in [3.63, 3.8) is 0 Å². The van der Waals surface area contributed by atoms with Crippen molar-refractivity contribution in [1.29, 1.82) is 0 Å². The largest absolute Gasteiger partial charge is 0.338 e. The zero-order chi connectivity index (χ0) is 16.4. The predicted octanol–water partition coefficient (Wildman–Crippen LogP) is 3.97. The molecule has 130 valence electrons. The molecule has 1 N–H and O–H groups in total. The highest BCUT2D eigenvalue weighted by atomic mass is 35.5. The van der Waals surface area contributed by atoms with E-state index in [1.807, 2.05) is 24.9 Å². The first-order chi connectivity index (χ1) is 11.1. The van der Waals surface area contributed by atoms with Gasteiger partial charge < -0.3 is 10.2 Å². The van der Waals surface area contributed by atoms with E-state index in [2.05, 4.69) is 5.32 Å². The minimum absolute atomic E-state index is 0. The smallest absolute Gasteiger partial charge is 0.263 e. The van der Waals surface area contributed by atoms with Gasteiger partial charge in [0.15, 0.2) is 0 Å². The molecule has 2 heterocycles. The molecule has 1 unspecified atom stereocenters. The van der Waals surface area contributed by atoms with Crippen LogP contribution in [0.1, 0.15) is 21.0 Å². The van der Waals surface area contributed by atoms with E-state index in [0.717, 1.165) is 46.9 Å². The van der Waals surface area contributed by atoms with Crippen LogP contribution in [0.15, 0.2) is 30.3 Å². The number of halogens is 2. The van der Waals surface area contributed by atoms with E-state index in [0.29, 0.717) is 5.92 Å². The number of carbonyl (C=O) groups excluding carboxylic acids is 1. The average Bonchev–Trinajstić information content (AvgIpc) is 3.15. The van der Waals surface area contributed by atoms with Gasteiger partial charge in [0.25, 0.3) is 5.91 Å². The Kier molecular flexibility index (Phi) is 6.38. The van der Waals surface area contributed by atoms with Crippen molar-refractivity contribution in [2.24, 2.45) is 5.92 Å². The van der Waals surface area contributed by atoms with Gasteiger partial charge in [-0.25, -0.2) is 4.39 Å². The molecule has 0 spiro atoms. The Morgan fingerprint density at radius 2 is 2.08 bits per heavy atom. The maximum absolute atomic E-state index is 13.1. The first kappa shape index (κ1) is 18.9. The summed E-state index contributed by atoms with van der Waals surface area (Å²) in [6.07, 6.45) is 1.06. The molecule has 24 heavy (non-hydrogen) atoms. The number of thiophene rings is 1. The number of carbonyl (C=O) groups is 1. The minimum Gasteiger partial charge on any atom is -0.338 e. The SMILES string of the molecule is CNCC1CCN(C(=O)c2cc(-c3ccc(F)cc3)c(C)s2)C1.Cl. The fraction of sp³-hybridized carbons (Fsp3) is 0.389. The molecule has 3 rings (SSSR count). The number of benzene rings is 1. The maximum Gasteiger partial charge on any atom is 0.263 e. The van der Waals surface area contributed by atoms with Crippen LogP contribution in [0.5, 0.6) is 0 Å². The van der Waals surface area contributed by atoms with Crippen molar-refractivity contribution in [3.05, 3.63) is 45.9 Å². The third kappa shape index (κ3) is 3.97. The molecule has 1 atom stereocenters. The van der Waals surface area contributed by atoms with E-state index in [4.69, 9.17) is 0 Å². The molecule has 1 fully saturated rings. The first-order valence-electron chi connectivity index (χ1n) is 7.88. The normalized spacial score (nSPS) is 17.0. The lowest BCUT2D eigenvalue weighted by Crippen LogP contribution is -2.29. The van der Waals surface area contributed by atoms with Crippen LogP contribution in [-0.4, -0.2) is 37.5 Å². The van der Waals surface area contributed by atoms with Crippen molar-refractivity contribution >= 4 is 29.7 Å². The number of hydrogen-bond acceptors (Lipinski definition) is 3. The topological polar surface area (TPSA) is 32.3 Å². The van der Waals surface area contributed by atoms with Crippen molar-refractivity contribution in [1.82, 2.24) is 10.2 Å². The summed E-state index contributed by atoms with van der Waals surface area (Å²) in [6.45, 7) is 4.61. The fourth-order valence-electron chi connectivity index (χ4n) is 3.13. The van der Waals surface area contributed by atoms with Gasteiger partial charge in [-0.2, -0.15) is 0 Å². The van der Waals surface area contributed by atoms with Gasteiger partial charge in [-0.3, -0.25) is 4.79 Å². The molecule has 1 aliphatic rings. The van der Waals surface area contributed by atoms with Crippen LogP contribution in [0.4, 0.5) is 4.39 Å². The Morgan fingerprint density at radius 3 is 2.75 bits per heavy atom. The third-order valence-corrected chi connectivity index (χ3v) is 5.39. The molecule has 1 aromatic heterocycles. The van der Waals surface area contributed by atoms with E-state index in [9.17, 15) is 9.18 Å². The van der Waals surface area contributed by atoms with Gasteiger partial charge in [0.05, 0.1) is 4.88 Å². The molecule has 6 heteroatoms. The Bertz CT molecular complexity index is 702. The summed E-state index contributed by atoms with van der Waals surface area (Å²) in [4.78, 5) is 16.5. The summed E-state index contributed by atoms with van der Waals surface area (Å²) >= 11 is 1.52. The van der Waals surface area contributed by atoms with Crippen LogP contribution in [0.3, 0.4) is 0 Å². The minimum atomic E-state index is -0.245. The number of rotatable bonds is 4. The van der Waals surface area contributed by atoms with Crippen LogP contribution in [0.25, 0.3) is 11.1 Å². The predicted molar refractivity (Wildman–Crippen MR) is 99.6 cm³/mol. The zero-order valence-electron chi connectivity index (χ0n) is 13.8. The van der Waals surface area contributed by atoms with E-state index in [1.54, 1.807) is 12.1 Å². The molecule has 1 saturated heterocycles. The average molecular weight is 369 g/mol. The van der Waals surface area contributed by atoms with Crippen molar-refractivity contribution < 1.29 is 9.18 Å². The summed E-state index contributed by atoms with van der Waals surface area (Å²) < 4.78 is 13.1. The van der Waals surface area contributed by atoms with Crippen LogP contribution in [-0.2, 0) is 0 Å². The Hall–Kier alpha value is -1.43. The highest BCUT2D eigenvalue weighted by molar-refractivity contribution is 7.14. The molecule has 0 saturated carbocycles. The summed E-state index contributed by atoms with van der Waals surface area (Å²) in [6, 6.07) is 8.38. The molecule has 1 aromatic carbocycles. The number of nitrogens with one attached hydrogen (secondary N) is 1. The number of nitrogens with zero attached hydrogens (tertiary/aromatic N) is 1. The summed E-state index contributed by atoms with van der Waals surface area (Å²) in [7, 11) is 1.95. The molecule has 3 nitrogen and oxygen atoms in total. The Balaban J connectivity index is 0.00000208. The lowest BCUT2D eigenvalue weighted by atomic mass is 10.1. The summed E-state index contributed by atoms with van der Waals surface area (Å²) in [5, 5.41) is 3.18. The molecular weight excluding hydrogens is 347 g/mol. The van der Waals surface area contributed by atoms with Crippen LogP contribution in [0, 0.1) is 18.7 Å². The van der Waals surface area contributed by atoms with Crippen LogP contribution < -0.4 is 5.32 Å². The molecule has 2 aromatic rings.